The first-order chi connectivity index (χ1) is 9.95. The Bertz CT molecular complexity index is 902. The fourth-order valence-corrected chi connectivity index (χ4v) is 3.14. The van der Waals surface area contributed by atoms with E-state index in [1.54, 1.807) is 24.3 Å². The van der Waals surface area contributed by atoms with Crippen LogP contribution in [-0.2, 0) is 10.1 Å². The summed E-state index contributed by atoms with van der Waals surface area (Å²) in [6, 6.07) is 11.8. The number of rotatable bonds is 3. The molecule has 0 spiro atoms. The number of benzene rings is 2. The lowest BCUT2D eigenvalue weighted by molar-refractivity contribution is 0.477. The minimum absolute atomic E-state index is 0.0341. The van der Waals surface area contributed by atoms with E-state index in [0.29, 0.717) is 10.9 Å². The van der Waals surface area contributed by atoms with E-state index in [1.807, 2.05) is 13.0 Å². The average molecular weight is 367 g/mol. The summed E-state index contributed by atoms with van der Waals surface area (Å²) in [5.41, 5.74) is 1.68. The average Bonchev–Trinajstić information content (AvgIpc) is 2.81. The lowest BCUT2D eigenvalue weighted by Gasteiger charge is -2.05. The molecule has 5 nitrogen and oxygen atoms in total. The molecule has 0 aliphatic heterocycles. The summed E-state index contributed by atoms with van der Waals surface area (Å²) in [5, 5.41) is 7.25. The van der Waals surface area contributed by atoms with Crippen LogP contribution < -0.4 is 4.18 Å². The second kappa shape index (κ2) is 5.16. The van der Waals surface area contributed by atoms with Gasteiger partial charge in [0.2, 0.25) is 0 Å². The first-order valence-corrected chi connectivity index (χ1v) is 8.31. The van der Waals surface area contributed by atoms with Crippen molar-refractivity contribution in [3.8, 4) is 5.88 Å². The van der Waals surface area contributed by atoms with Gasteiger partial charge in [0.05, 0.1) is 10.9 Å². The lowest BCUT2D eigenvalue weighted by Crippen LogP contribution is -2.10. The van der Waals surface area contributed by atoms with Crippen molar-refractivity contribution >= 4 is 37.0 Å². The largest absolute Gasteiger partial charge is 0.356 e. The van der Waals surface area contributed by atoms with E-state index in [0.717, 1.165) is 10.0 Å². The molecule has 0 unspecified atom stereocenters. The van der Waals surface area contributed by atoms with Crippen LogP contribution in [0.5, 0.6) is 5.88 Å². The third-order valence-corrected chi connectivity index (χ3v) is 4.71. The molecule has 0 atom stereocenters. The Hall–Kier alpha value is -1.86. The van der Waals surface area contributed by atoms with E-state index in [-0.39, 0.29) is 10.8 Å². The van der Waals surface area contributed by atoms with Crippen LogP contribution in [0, 0.1) is 6.92 Å². The van der Waals surface area contributed by atoms with Crippen molar-refractivity contribution < 1.29 is 12.6 Å². The Morgan fingerprint density at radius 1 is 1.14 bits per heavy atom. The van der Waals surface area contributed by atoms with E-state index >= 15 is 0 Å². The van der Waals surface area contributed by atoms with Gasteiger partial charge in [-0.1, -0.05) is 33.6 Å². The standard InChI is InChI=1S/C14H11BrN2O3S/c1-9-2-5-11(6-3-9)21(18,19)20-14-12-8-10(15)4-7-13(12)16-17-14/h2-8H,1H3,(H,16,17). The van der Waals surface area contributed by atoms with Gasteiger partial charge in [0.1, 0.15) is 4.90 Å². The molecule has 0 radical (unpaired) electrons. The molecule has 3 aromatic rings. The van der Waals surface area contributed by atoms with Gasteiger partial charge in [0.25, 0.3) is 5.88 Å². The molecule has 0 bridgehead atoms. The fraction of sp³-hybridized carbons (Fsp3) is 0.0714. The maximum Gasteiger partial charge on any atom is 0.340 e. The highest BCUT2D eigenvalue weighted by Gasteiger charge is 2.19. The number of hydrogen-bond acceptors (Lipinski definition) is 4. The number of aryl methyl sites for hydroxylation is 1. The molecule has 0 aliphatic rings. The van der Waals surface area contributed by atoms with E-state index < -0.39 is 10.1 Å². The van der Waals surface area contributed by atoms with Crippen LogP contribution >= 0.6 is 15.9 Å². The minimum Gasteiger partial charge on any atom is -0.356 e. The van der Waals surface area contributed by atoms with Crippen molar-refractivity contribution in [1.82, 2.24) is 10.2 Å². The van der Waals surface area contributed by atoms with Crippen LogP contribution in [-0.4, -0.2) is 18.6 Å². The Morgan fingerprint density at radius 2 is 1.86 bits per heavy atom. The smallest absolute Gasteiger partial charge is 0.340 e. The van der Waals surface area contributed by atoms with Gasteiger partial charge >= 0.3 is 10.1 Å². The molecule has 0 saturated heterocycles. The van der Waals surface area contributed by atoms with Gasteiger partial charge < -0.3 is 4.18 Å². The monoisotopic (exact) mass is 366 g/mol. The van der Waals surface area contributed by atoms with Gasteiger partial charge in [-0.05, 0) is 37.3 Å². The Morgan fingerprint density at radius 3 is 2.57 bits per heavy atom. The summed E-state index contributed by atoms with van der Waals surface area (Å²) < 4.78 is 30.5. The Labute approximate surface area is 130 Å². The molecule has 1 heterocycles. The maximum atomic E-state index is 12.3. The quantitative estimate of drug-likeness (QED) is 0.721. The maximum absolute atomic E-state index is 12.3. The van der Waals surface area contributed by atoms with Gasteiger partial charge in [-0.2, -0.15) is 8.42 Å². The van der Waals surface area contributed by atoms with Crippen molar-refractivity contribution in [1.29, 1.82) is 0 Å². The number of aromatic amines is 1. The van der Waals surface area contributed by atoms with Crippen LogP contribution in [0.3, 0.4) is 0 Å². The molecular formula is C14H11BrN2O3S. The number of H-pyrrole nitrogens is 1. The number of halogens is 1. The molecule has 0 amide bonds. The van der Waals surface area contributed by atoms with Crippen molar-refractivity contribution in [2.75, 3.05) is 0 Å². The number of fused-ring (bicyclic) bond motifs is 1. The normalized spacial score (nSPS) is 11.7. The van der Waals surface area contributed by atoms with E-state index in [9.17, 15) is 8.42 Å². The molecule has 7 heteroatoms. The number of nitrogens with one attached hydrogen (secondary N) is 1. The van der Waals surface area contributed by atoms with Crippen LogP contribution in [0.2, 0.25) is 0 Å². The second-order valence-electron chi connectivity index (χ2n) is 4.57. The molecule has 21 heavy (non-hydrogen) atoms. The summed E-state index contributed by atoms with van der Waals surface area (Å²) in [7, 11) is -3.90. The molecule has 108 valence electrons. The van der Waals surface area contributed by atoms with Crippen molar-refractivity contribution in [3.63, 3.8) is 0 Å². The lowest BCUT2D eigenvalue weighted by atomic mass is 10.2. The van der Waals surface area contributed by atoms with Crippen LogP contribution in [0.15, 0.2) is 51.8 Å². The topological polar surface area (TPSA) is 72.1 Å². The van der Waals surface area contributed by atoms with Gasteiger partial charge in [-0.25, -0.2) is 0 Å². The molecular weight excluding hydrogens is 356 g/mol. The highest BCUT2D eigenvalue weighted by atomic mass is 79.9. The third-order valence-electron chi connectivity index (χ3n) is 2.99. The second-order valence-corrected chi connectivity index (χ2v) is 7.03. The van der Waals surface area contributed by atoms with Gasteiger partial charge in [0, 0.05) is 4.47 Å². The molecule has 0 saturated carbocycles. The fourth-order valence-electron chi connectivity index (χ4n) is 1.88. The molecule has 1 aromatic heterocycles. The highest BCUT2D eigenvalue weighted by molar-refractivity contribution is 9.10. The summed E-state index contributed by atoms with van der Waals surface area (Å²) in [6.45, 7) is 1.88. The zero-order valence-corrected chi connectivity index (χ0v) is 13.4. The van der Waals surface area contributed by atoms with Gasteiger partial charge in [0.15, 0.2) is 0 Å². The predicted octanol–water partition coefficient (Wildman–Crippen LogP) is 3.40. The molecule has 0 fully saturated rings. The molecule has 1 N–H and O–H groups in total. The zero-order chi connectivity index (χ0) is 15.0. The van der Waals surface area contributed by atoms with Crippen LogP contribution in [0.4, 0.5) is 0 Å². The van der Waals surface area contributed by atoms with E-state index in [1.165, 1.54) is 12.1 Å². The molecule has 3 rings (SSSR count). The van der Waals surface area contributed by atoms with E-state index in [4.69, 9.17) is 4.18 Å². The molecule has 0 aliphatic carbocycles. The third kappa shape index (κ3) is 2.79. The van der Waals surface area contributed by atoms with Crippen molar-refractivity contribution in [2.45, 2.75) is 11.8 Å². The summed E-state index contributed by atoms with van der Waals surface area (Å²) in [6.07, 6.45) is 0. The minimum atomic E-state index is -3.90. The summed E-state index contributed by atoms with van der Waals surface area (Å²) >= 11 is 3.34. The highest BCUT2D eigenvalue weighted by Crippen LogP contribution is 2.28. The van der Waals surface area contributed by atoms with Crippen LogP contribution in [0.25, 0.3) is 10.9 Å². The van der Waals surface area contributed by atoms with Crippen molar-refractivity contribution in [3.05, 3.63) is 52.5 Å². The first-order valence-electron chi connectivity index (χ1n) is 6.10. The Kier molecular flexibility index (Phi) is 3.46. The Balaban J connectivity index is 2.01. The predicted molar refractivity (Wildman–Crippen MR) is 82.8 cm³/mol. The van der Waals surface area contributed by atoms with Gasteiger partial charge in [-0.15, -0.1) is 5.10 Å². The van der Waals surface area contributed by atoms with E-state index in [2.05, 4.69) is 26.1 Å². The van der Waals surface area contributed by atoms with Crippen molar-refractivity contribution in [2.24, 2.45) is 0 Å². The summed E-state index contributed by atoms with van der Waals surface area (Å²) in [5.74, 6) is 0.0341. The SMILES string of the molecule is Cc1ccc(S(=O)(=O)Oc2n[nH]c3ccc(Br)cc23)cc1. The number of hydrogen-bond donors (Lipinski definition) is 1. The number of aromatic nitrogens is 2. The zero-order valence-electron chi connectivity index (χ0n) is 11.0. The molecule has 2 aromatic carbocycles. The first kappa shape index (κ1) is 14.1. The summed E-state index contributed by atoms with van der Waals surface area (Å²) in [4.78, 5) is 0.0965. The van der Waals surface area contributed by atoms with Gasteiger partial charge in [-0.3, -0.25) is 5.10 Å². The number of nitrogens with zero attached hydrogens (tertiary/aromatic N) is 1. The van der Waals surface area contributed by atoms with Crippen LogP contribution in [0.1, 0.15) is 5.56 Å².